The molecule has 0 aliphatic rings. The third-order valence-corrected chi connectivity index (χ3v) is 1.87. The van der Waals surface area contributed by atoms with Gasteiger partial charge in [0, 0.05) is 29.8 Å². The second-order valence-electron chi connectivity index (χ2n) is 2.91. The summed E-state index contributed by atoms with van der Waals surface area (Å²) in [5.41, 5.74) is 0. The van der Waals surface area contributed by atoms with Gasteiger partial charge in [0.25, 0.3) is 0 Å². The van der Waals surface area contributed by atoms with Gasteiger partial charge in [-0.25, -0.2) is 0 Å². The number of hydrogen-bond acceptors (Lipinski definition) is 2. The van der Waals surface area contributed by atoms with Crippen LogP contribution in [0.15, 0.2) is 0 Å². The molecule has 0 fully saturated rings. The molecule has 0 aliphatic heterocycles. The average molecular weight is 224 g/mol. The molecule has 14 heavy (non-hydrogen) atoms. The molecule has 0 aromatic carbocycles. The standard InChI is InChI=1S/C9H18N2O2.H2S.2H2/c1-10-8(12)6-4-3-5-7-9(13)11-2;;;/h3-7H2,1-2H3,(H,10,12)(H,11,13);1H2;2*1H. The Balaban J connectivity index is -0.000000240. The van der Waals surface area contributed by atoms with Gasteiger partial charge in [0.2, 0.25) is 11.8 Å². The molecule has 0 unspecified atom stereocenters. The predicted octanol–water partition coefficient (Wildman–Crippen LogP) is 1.03. The quantitative estimate of drug-likeness (QED) is 0.662. The molecule has 2 amide bonds. The number of rotatable bonds is 6. The Morgan fingerprint density at radius 3 is 1.57 bits per heavy atom. The van der Waals surface area contributed by atoms with Crippen molar-refractivity contribution >= 4 is 25.3 Å². The van der Waals surface area contributed by atoms with Crippen molar-refractivity contribution in [3.63, 3.8) is 0 Å². The van der Waals surface area contributed by atoms with E-state index in [0.29, 0.717) is 12.8 Å². The lowest BCUT2D eigenvalue weighted by molar-refractivity contribution is -0.121. The maximum atomic E-state index is 10.8. The molecule has 0 radical (unpaired) electrons. The van der Waals surface area contributed by atoms with Crippen LogP contribution in [0.4, 0.5) is 0 Å². The maximum absolute atomic E-state index is 10.8. The van der Waals surface area contributed by atoms with Crippen LogP contribution < -0.4 is 10.6 Å². The predicted molar refractivity (Wildman–Crippen MR) is 65.8 cm³/mol. The van der Waals surface area contributed by atoms with Gasteiger partial charge in [-0.1, -0.05) is 6.42 Å². The smallest absolute Gasteiger partial charge is 0.219 e. The van der Waals surface area contributed by atoms with E-state index < -0.39 is 0 Å². The van der Waals surface area contributed by atoms with E-state index in [4.69, 9.17) is 0 Å². The first kappa shape index (κ1) is 15.7. The van der Waals surface area contributed by atoms with Gasteiger partial charge in [-0.15, -0.1) is 0 Å². The summed E-state index contributed by atoms with van der Waals surface area (Å²) in [6.45, 7) is 0. The fourth-order valence-corrected chi connectivity index (χ4v) is 0.998. The number of nitrogens with one attached hydrogen (secondary N) is 2. The topological polar surface area (TPSA) is 58.2 Å². The summed E-state index contributed by atoms with van der Waals surface area (Å²) in [6.07, 6.45) is 3.77. The van der Waals surface area contributed by atoms with Crippen LogP contribution in [0.1, 0.15) is 35.0 Å². The Labute approximate surface area is 95.2 Å². The Hall–Kier alpha value is -0.710. The van der Waals surface area contributed by atoms with Crippen LogP contribution in [0.3, 0.4) is 0 Å². The van der Waals surface area contributed by atoms with Crippen LogP contribution in [-0.4, -0.2) is 25.9 Å². The summed E-state index contributed by atoms with van der Waals surface area (Å²) >= 11 is 0. The molecule has 0 saturated carbocycles. The molecule has 88 valence electrons. The highest BCUT2D eigenvalue weighted by atomic mass is 32.1. The number of unbranched alkanes of at least 4 members (excludes halogenated alkanes) is 2. The Bertz CT molecular complexity index is 165. The fraction of sp³-hybridized carbons (Fsp3) is 0.778. The van der Waals surface area contributed by atoms with Gasteiger partial charge in [-0.3, -0.25) is 9.59 Å². The Morgan fingerprint density at radius 1 is 0.929 bits per heavy atom. The summed E-state index contributed by atoms with van der Waals surface area (Å²) in [5.74, 6) is 0.139. The minimum Gasteiger partial charge on any atom is -0.359 e. The van der Waals surface area contributed by atoms with Gasteiger partial charge in [0.15, 0.2) is 0 Å². The summed E-state index contributed by atoms with van der Waals surface area (Å²) in [6, 6.07) is 0. The van der Waals surface area contributed by atoms with E-state index in [1.165, 1.54) is 0 Å². The molecule has 2 N–H and O–H groups in total. The van der Waals surface area contributed by atoms with Crippen LogP contribution in [0.5, 0.6) is 0 Å². The van der Waals surface area contributed by atoms with Crippen molar-refractivity contribution in [1.82, 2.24) is 10.6 Å². The highest BCUT2D eigenvalue weighted by molar-refractivity contribution is 7.59. The van der Waals surface area contributed by atoms with Gasteiger partial charge >= 0.3 is 0 Å². The van der Waals surface area contributed by atoms with E-state index in [1.807, 2.05) is 0 Å². The lowest BCUT2D eigenvalue weighted by Crippen LogP contribution is -2.18. The van der Waals surface area contributed by atoms with Crippen molar-refractivity contribution < 1.29 is 12.4 Å². The lowest BCUT2D eigenvalue weighted by atomic mass is 10.1. The zero-order valence-electron chi connectivity index (χ0n) is 8.85. The molecular weight excluding hydrogens is 200 g/mol. The van der Waals surface area contributed by atoms with E-state index in [-0.39, 0.29) is 28.2 Å². The van der Waals surface area contributed by atoms with E-state index in [9.17, 15) is 9.59 Å². The second-order valence-corrected chi connectivity index (χ2v) is 2.91. The van der Waals surface area contributed by atoms with Crippen molar-refractivity contribution in [3.05, 3.63) is 0 Å². The first-order chi connectivity index (χ1) is 6.20. The van der Waals surface area contributed by atoms with Crippen LogP contribution >= 0.6 is 13.5 Å². The van der Waals surface area contributed by atoms with Crippen LogP contribution in [-0.2, 0) is 9.59 Å². The van der Waals surface area contributed by atoms with Gasteiger partial charge in [-0.2, -0.15) is 13.5 Å². The molecule has 0 spiro atoms. The average Bonchev–Trinajstić information content (AvgIpc) is 2.16. The minimum atomic E-state index is 0. The molecule has 5 heteroatoms. The van der Waals surface area contributed by atoms with E-state index in [2.05, 4.69) is 10.6 Å². The van der Waals surface area contributed by atoms with Crippen LogP contribution in [0.25, 0.3) is 0 Å². The second kappa shape index (κ2) is 10.4. The summed E-state index contributed by atoms with van der Waals surface area (Å²) in [5, 5.41) is 5.12. The molecule has 0 aromatic heterocycles. The number of carbonyl (C=O) groups excluding carboxylic acids is 2. The first-order valence-corrected chi connectivity index (χ1v) is 4.62. The van der Waals surface area contributed by atoms with Crippen LogP contribution in [0.2, 0.25) is 0 Å². The zero-order chi connectivity index (χ0) is 10.1. The van der Waals surface area contributed by atoms with Crippen molar-refractivity contribution in [2.45, 2.75) is 32.1 Å². The maximum Gasteiger partial charge on any atom is 0.219 e. The SMILES string of the molecule is CNC(=O)CCCCCC(=O)NC.S.[HH].[HH]. The number of amides is 2. The highest BCUT2D eigenvalue weighted by Gasteiger charge is 1.99. The molecule has 0 aromatic rings. The first-order valence-electron chi connectivity index (χ1n) is 4.62. The number of hydrogen-bond donors (Lipinski definition) is 2. The Morgan fingerprint density at radius 2 is 1.29 bits per heavy atom. The van der Waals surface area contributed by atoms with E-state index >= 15 is 0 Å². The number of carbonyl (C=O) groups is 2. The third-order valence-electron chi connectivity index (χ3n) is 1.87. The Kier molecular flexibility index (Phi) is 11.7. The summed E-state index contributed by atoms with van der Waals surface area (Å²) < 4.78 is 0. The van der Waals surface area contributed by atoms with Crippen molar-refractivity contribution in [1.29, 1.82) is 0 Å². The van der Waals surface area contributed by atoms with Crippen molar-refractivity contribution in [2.75, 3.05) is 14.1 Å². The van der Waals surface area contributed by atoms with E-state index in [0.717, 1.165) is 19.3 Å². The monoisotopic (exact) mass is 224 g/mol. The van der Waals surface area contributed by atoms with Gasteiger partial charge < -0.3 is 10.6 Å². The summed E-state index contributed by atoms with van der Waals surface area (Å²) in [7, 11) is 3.26. The van der Waals surface area contributed by atoms with Crippen molar-refractivity contribution in [3.8, 4) is 0 Å². The fourth-order valence-electron chi connectivity index (χ4n) is 0.998. The van der Waals surface area contributed by atoms with Crippen LogP contribution in [0, 0.1) is 0 Å². The third kappa shape index (κ3) is 9.38. The molecule has 0 saturated heterocycles. The van der Waals surface area contributed by atoms with Gasteiger partial charge in [-0.05, 0) is 12.8 Å². The minimum absolute atomic E-state index is 0. The molecule has 0 heterocycles. The molecule has 0 bridgehead atoms. The van der Waals surface area contributed by atoms with Gasteiger partial charge in [0.1, 0.15) is 0 Å². The summed E-state index contributed by atoms with van der Waals surface area (Å²) in [4.78, 5) is 21.5. The molecule has 4 nitrogen and oxygen atoms in total. The van der Waals surface area contributed by atoms with Crippen molar-refractivity contribution in [2.24, 2.45) is 0 Å². The molecular formula is C9H24N2O2S. The highest BCUT2D eigenvalue weighted by Crippen LogP contribution is 2.02. The normalized spacial score (nSPS) is 8.71. The molecule has 0 rings (SSSR count). The van der Waals surface area contributed by atoms with E-state index in [1.54, 1.807) is 14.1 Å². The molecule has 0 aliphatic carbocycles. The molecule has 0 atom stereocenters. The lowest BCUT2D eigenvalue weighted by Gasteiger charge is -2.00. The largest absolute Gasteiger partial charge is 0.359 e. The zero-order valence-corrected chi connectivity index (χ0v) is 9.85. The van der Waals surface area contributed by atoms with Gasteiger partial charge in [0.05, 0.1) is 0 Å².